The molecule has 0 saturated heterocycles. The fourth-order valence-electron chi connectivity index (χ4n) is 4.13. The van der Waals surface area contributed by atoms with Gasteiger partial charge in [0.2, 0.25) is 0 Å². The minimum absolute atomic E-state index is 0.155. The zero-order chi connectivity index (χ0) is 25.5. The van der Waals surface area contributed by atoms with Gasteiger partial charge in [0, 0.05) is 11.3 Å². The first-order valence-electron chi connectivity index (χ1n) is 11.8. The van der Waals surface area contributed by atoms with Crippen molar-refractivity contribution in [3.63, 3.8) is 0 Å². The number of methoxy groups -OCH3 is 1. The Morgan fingerprint density at radius 2 is 1.72 bits per heavy atom. The van der Waals surface area contributed by atoms with Gasteiger partial charge in [-0.05, 0) is 52.1 Å². The second-order valence-corrected chi connectivity index (χ2v) is 8.69. The molecule has 0 bridgehead atoms. The van der Waals surface area contributed by atoms with E-state index in [2.05, 4.69) is 25.2 Å². The first kappa shape index (κ1) is 24.6. The van der Waals surface area contributed by atoms with Gasteiger partial charge in [-0.1, -0.05) is 80.6 Å². The van der Waals surface area contributed by atoms with Crippen LogP contribution < -0.4 is 14.8 Å². The molecule has 5 nitrogen and oxygen atoms in total. The van der Waals surface area contributed by atoms with E-state index >= 15 is 0 Å². The maximum atomic E-state index is 12.6. The maximum Gasteiger partial charge on any atom is 0.262 e. The minimum atomic E-state index is -0.253. The molecule has 4 rings (SSSR count). The van der Waals surface area contributed by atoms with Crippen LogP contribution in [0.2, 0.25) is 0 Å². The second kappa shape index (κ2) is 11.2. The minimum Gasteiger partial charge on any atom is -0.493 e. The standard InChI is InChI=1S/C31H28N2O3/c1-21(2)25-11-6-7-14-28(25)33-31(34)20-36-29-16-15-22(18-30(29)35-3)17-24(19-32)27-13-8-10-23-9-4-5-12-26(23)27/h4-18,21H,20H2,1-3H3,(H,33,34)/b24-17+. The van der Waals surface area contributed by atoms with Crippen molar-refractivity contribution < 1.29 is 14.3 Å². The number of amides is 1. The van der Waals surface area contributed by atoms with E-state index in [9.17, 15) is 10.1 Å². The van der Waals surface area contributed by atoms with Gasteiger partial charge in [0.25, 0.3) is 5.91 Å². The molecule has 0 aromatic heterocycles. The molecule has 4 aromatic rings. The number of hydrogen-bond donors (Lipinski definition) is 1. The fourth-order valence-corrected chi connectivity index (χ4v) is 4.13. The quantitative estimate of drug-likeness (QED) is 0.218. The van der Waals surface area contributed by atoms with Crippen LogP contribution >= 0.6 is 0 Å². The zero-order valence-electron chi connectivity index (χ0n) is 20.6. The number of rotatable bonds is 8. The molecule has 0 atom stereocenters. The van der Waals surface area contributed by atoms with Crippen LogP contribution in [0.25, 0.3) is 22.4 Å². The lowest BCUT2D eigenvalue weighted by molar-refractivity contribution is -0.118. The first-order chi connectivity index (χ1) is 17.5. The van der Waals surface area contributed by atoms with Crippen LogP contribution in [0, 0.1) is 11.3 Å². The van der Waals surface area contributed by atoms with Crippen LogP contribution in [0.1, 0.15) is 36.5 Å². The molecule has 0 saturated carbocycles. The van der Waals surface area contributed by atoms with E-state index in [-0.39, 0.29) is 18.4 Å². The lowest BCUT2D eigenvalue weighted by atomic mass is 9.97. The van der Waals surface area contributed by atoms with E-state index in [1.54, 1.807) is 19.2 Å². The molecule has 0 fully saturated rings. The number of carbonyl (C=O) groups excluding carboxylic acids is 1. The number of para-hydroxylation sites is 1. The van der Waals surface area contributed by atoms with Crippen LogP contribution in [-0.4, -0.2) is 19.6 Å². The third-order valence-electron chi connectivity index (χ3n) is 5.91. The summed E-state index contributed by atoms with van der Waals surface area (Å²) in [6.45, 7) is 4.01. The van der Waals surface area contributed by atoms with E-state index in [1.807, 2.05) is 78.9 Å². The molecule has 0 aliphatic heterocycles. The molecule has 0 spiro atoms. The molecule has 0 aliphatic rings. The molecule has 1 N–H and O–H groups in total. The van der Waals surface area contributed by atoms with E-state index < -0.39 is 0 Å². The number of carbonyl (C=O) groups is 1. The number of nitrogens with zero attached hydrogens (tertiary/aromatic N) is 1. The molecule has 36 heavy (non-hydrogen) atoms. The monoisotopic (exact) mass is 476 g/mol. The SMILES string of the molecule is COc1cc(/C=C(\C#N)c2cccc3ccccc23)ccc1OCC(=O)Nc1ccccc1C(C)C. The topological polar surface area (TPSA) is 71.3 Å². The predicted molar refractivity (Wildman–Crippen MR) is 145 cm³/mol. The van der Waals surface area contributed by atoms with E-state index in [0.717, 1.165) is 33.2 Å². The van der Waals surface area contributed by atoms with Crippen molar-refractivity contribution in [1.82, 2.24) is 0 Å². The molecule has 0 aliphatic carbocycles. The van der Waals surface area contributed by atoms with E-state index in [4.69, 9.17) is 9.47 Å². The first-order valence-corrected chi connectivity index (χ1v) is 11.8. The highest BCUT2D eigenvalue weighted by atomic mass is 16.5. The van der Waals surface area contributed by atoms with Gasteiger partial charge < -0.3 is 14.8 Å². The van der Waals surface area contributed by atoms with Gasteiger partial charge in [-0.3, -0.25) is 4.79 Å². The van der Waals surface area contributed by atoms with Crippen LogP contribution in [-0.2, 0) is 4.79 Å². The summed E-state index contributed by atoms with van der Waals surface area (Å²) in [4.78, 5) is 12.6. The number of benzene rings is 4. The van der Waals surface area contributed by atoms with Crippen LogP contribution in [0.3, 0.4) is 0 Å². The van der Waals surface area contributed by atoms with Crippen LogP contribution in [0.5, 0.6) is 11.5 Å². The van der Waals surface area contributed by atoms with E-state index in [1.165, 1.54) is 0 Å². The van der Waals surface area contributed by atoms with Crippen molar-refractivity contribution in [1.29, 1.82) is 5.26 Å². The van der Waals surface area contributed by atoms with E-state index in [0.29, 0.717) is 17.1 Å². The second-order valence-electron chi connectivity index (χ2n) is 8.69. The lowest BCUT2D eigenvalue weighted by Gasteiger charge is -2.15. The normalized spacial score (nSPS) is 11.2. The molecular formula is C31H28N2O3. The Bertz CT molecular complexity index is 1460. The third kappa shape index (κ3) is 5.56. The van der Waals surface area contributed by atoms with Crippen LogP contribution in [0.15, 0.2) is 84.9 Å². The number of hydrogen-bond acceptors (Lipinski definition) is 4. The van der Waals surface area contributed by atoms with Gasteiger partial charge in [0.15, 0.2) is 18.1 Å². The predicted octanol–water partition coefficient (Wildman–Crippen LogP) is 7.05. The highest BCUT2D eigenvalue weighted by Gasteiger charge is 2.12. The lowest BCUT2D eigenvalue weighted by Crippen LogP contribution is -2.21. The number of nitrogens with one attached hydrogen (secondary N) is 1. The Morgan fingerprint density at radius 3 is 2.50 bits per heavy atom. The van der Waals surface area contributed by atoms with Crippen molar-refractivity contribution in [2.45, 2.75) is 19.8 Å². The molecule has 4 aromatic carbocycles. The average Bonchev–Trinajstić information content (AvgIpc) is 2.90. The molecule has 1 amide bonds. The number of nitriles is 1. The molecule has 0 heterocycles. The van der Waals surface area contributed by atoms with Gasteiger partial charge in [-0.15, -0.1) is 0 Å². The number of fused-ring (bicyclic) bond motifs is 1. The largest absolute Gasteiger partial charge is 0.493 e. The third-order valence-corrected chi connectivity index (χ3v) is 5.91. The van der Waals surface area contributed by atoms with Gasteiger partial charge in [0.1, 0.15) is 0 Å². The summed E-state index contributed by atoms with van der Waals surface area (Å²) in [5, 5.41) is 14.9. The molecule has 5 heteroatoms. The molecule has 0 unspecified atom stereocenters. The molecule has 0 radical (unpaired) electrons. The van der Waals surface area contributed by atoms with Crippen LogP contribution in [0.4, 0.5) is 5.69 Å². The fraction of sp³-hybridized carbons (Fsp3) is 0.161. The number of allylic oxidation sites excluding steroid dienone is 1. The van der Waals surface area contributed by atoms with Gasteiger partial charge in [-0.25, -0.2) is 0 Å². The Labute approximate surface area is 211 Å². The summed E-state index contributed by atoms with van der Waals surface area (Å²) in [5.74, 6) is 0.965. The Balaban J connectivity index is 1.52. The Hall–Kier alpha value is -4.56. The van der Waals surface area contributed by atoms with Gasteiger partial charge in [0.05, 0.1) is 18.8 Å². The van der Waals surface area contributed by atoms with Crippen molar-refractivity contribution in [3.8, 4) is 17.6 Å². The Kier molecular flexibility index (Phi) is 7.67. The summed E-state index contributed by atoms with van der Waals surface area (Å²) in [5.41, 5.74) is 4.06. The number of ether oxygens (including phenoxy) is 2. The zero-order valence-corrected chi connectivity index (χ0v) is 20.6. The summed E-state index contributed by atoms with van der Waals surface area (Å²) >= 11 is 0. The molecule has 180 valence electrons. The highest BCUT2D eigenvalue weighted by molar-refractivity contribution is 6.01. The summed E-state index contributed by atoms with van der Waals surface area (Å²) in [7, 11) is 1.55. The van der Waals surface area contributed by atoms with Crippen molar-refractivity contribution in [3.05, 3.63) is 102 Å². The van der Waals surface area contributed by atoms with Gasteiger partial charge >= 0.3 is 0 Å². The highest BCUT2D eigenvalue weighted by Crippen LogP contribution is 2.31. The van der Waals surface area contributed by atoms with Gasteiger partial charge in [-0.2, -0.15) is 5.26 Å². The summed E-state index contributed by atoms with van der Waals surface area (Å²) in [6.07, 6.45) is 1.82. The average molecular weight is 477 g/mol. The number of anilines is 1. The maximum absolute atomic E-state index is 12.6. The van der Waals surface area contributed by atoms with Crippen molar-refractivity contribution >= 4 is 34.0 Å². The summed E-state index contributed by atoms with van der Waals surface area (Å²) < 4.78 is 11.3. The summed E-state index contributed by atoms with van der Waals surface area (Å²) in [6, 6.07) is 29.4. The van der Waals surface area contributed by atoms with Crippen molar-refractivity contribution in [2.75, 3.05) is 19.0 Å². The smallest absolute Gasteiger partial charge is 0.262 e. The molecular weight excluding hydrogens is 448 g/mol. The Morgan fingerprint density at radius 1 is 0.972 bits per heavy atom. The van der Waals surface area contributed by atoms with Crippen molar-refractivity contribution in [2.24, 2.45) is 0 Å².